The summed E-state index contributed by atoms with van der Waals surface area (Å²) >= 11 is 0. The Morgan fingerprint density at radius 1 is 0.969 bits per heavy atom. The van der Waals surface area contributed by atoms with E-state index in [4.69, 9.17) is 10.5 Å². The number of hydrogen-bond acceptors (Lipinski definition) is 6. The predicted octanol–water partition coefficient (Wildman–Crippen LogP) is 3.04. The summed E-state index contributed by atoms with van der Waals surface area (Å²) in [5, 5.41) is 9.28. The zero-order valence-corrected chi connectivity index (χ0v) is 18.2. The molecule has 0 radical (unpaired) electrons. The Kier molecular flexibility index (Phi) is 6.55. The molecule has 1 aromatic heterocycles. The first-order valence-electron chi connectivity index (χ1n) is 10.7. The van der Waals surface area contributed by atoms with Crippen LogP contribution in [0.15, 0.2) is 60.8 Å². The van der Waals surface area contributed by atoms with Crippen LogP contribution in [0.2, 0.25) is 0 Å². The van der Waals surface area contributed by atoms with Gasteiger partial charge in [0.05, 0.1) is 18.4 Å². The molecule has 0 bridgehead atoms. The topological polar surface area (TPSA) is 87.5 Å². The number of esters is 1. The van der Waals surface area contributed by atoms with Crippen molar-refractivity contribution >= 4 is 11.7 Å². The van der Waals surface area contributed by atoms with Crippen LogP contribution in [0, 0.1) is 11.3 Å². The molecule has 1 saturated heterocycles. The molecule has 2 aromatic carbocycles. The van der Waals surface area contributed by atoms with Gasteiger partial charge < -0.3 is 15.0 Å². The summed E-state index contributed by atoms with van der Waals surface area (Å²) < 4.78 is 6.46. The Balaban J connectivity index is 1.39. The second-order valence-electron chi connectivity index (χ2n) is 7.98. The molecule has 0 amide bonds. The molecule has 7 nitrogen and oxygen atoms in total. The summed E-state index contributed by atoms with van der Waals surface area (Å²) in [7, 11) is 1.30. The largest absolute Gasteiger partial charge is 0.464 e. The van der Waals surface area contributed by atoms with Crippen LogP contribution in [0.3, 0.4) is 0 Å². The maximum Gasteiger partial charge on any atom is 0.357 e. The van der Waals surface area contributed by atoms with Crippen LogP contribution >= 0.6 is 0 Å². The lowest BCUT2D eigenvalue weighted by Crippen LogP contribution is -2.45. The molecule has 2 heterocycles. The number of anilines is 1. The highest BCUT2D eigenvalue weighted by Gasteiger charge is 2.22. The van der Waals surface area contributed by atoms with E-state index in [-0.39, 0.29) is 16.9 Å². The summed E-state index contributed by atoms with van der Waals surface area (Å²) in [4.78, 5) is 17.1. The van der Waals surface area contributed by atoms with Gasteiger partial charge >= 0.3 is 5.97 Å². The van der Waals surface area contributed by atoms with Gasteiger partial charge in [-0.2, -0.15) is 5.26 Å². The summed E-state index contributed by atoms with van der Waals surface area (Å²) in [5.41, 5.74) is 9.86. The highest BCUT2D eigenvalue weighted by atomic mass is 16.5. The van der Waals surface area contributed by atoms with Gasteiger partial charge in [0.15, 0.2) is 5.69 Å². The Morgan fingerprint density at radius 2 is 1.53 bits per heavy atom. The quantitative estimate of drug-likeness (QED) is 0.606. The van der Waals surface area contributed by atoms with Crippen LogP contribution in [-0.2, 0) is 17.8 Å². The number of carbonyl (C=O) groups excluding carboxylic acids is 1. The standard InChI is InChI=1S/C25H27N5O2/c1-32-25(31)24-23(27)21(15-26)18-30(24)22-9-7-20(8-10-22)17-29-13-11-28(12-14-29)16-19-5-3-2-4-6-19/h2-10,18H,11-14,16-17,27H2,1H3. The monoisotopic (exact) mass is 429 g/mol. The maximum absolute atomic E-state index is 12.2. The lowest BCUT2D eigenvalue weighted by atomic mass is 10.1. The van der Waals surface area contributed by atoms with E-state index in [2.05, 4.69) is 52.3 Å². The van der Waals surface area contributed by atoms with Gasteiger partial charge in [0, 0.05) is 51.2 Å². The van der Waals surface area contributed by atoms with Crippen molar-refractivity contribution in [3.8, 4) is 11.8 Å². The van der Waals surface area contributed by atoms with E-state index in [1.54, 1.807) is 10.8 Å². The van der Waals surface area contributed by atoms with Crippen molar-refractivity contribution < 1.29 is 9.53 Å². The van der Waals surface area contributed by atoms with Crippen LogP contribution in [-0.4, -0.2) is 53.6 Å². The number of nitrogen functional groups attached to an aromatic ring is 1. The summed E-state index contributed by atoms with van der Waals surface area (Å²) in [5.74, 6) is -0.568. The number of ether oxygens (including phenoxy) is 1. The average molecular weight is 430 g/mol. The number of nitrogens with two attached hydrogens (primary N) is 1. The summed E-state index contributed by atoms with van der Waals surface area (Å²) in [6.07, 6.45) is 1.57. The third kappa shape index (κ3) is 4.67. The van der Waals surface area contributed by atoms with Crippen molar-refractivity contribution in [1.29, 1.82) is 5.26 Å². The minimum Gasteiger partial charge on any atom is -0.464 e. The molecule has 3 aromatic rings. The first-order valence-corrected chi connectivity index (χ1v) is 10.7. The van der Waals surface area contributed by atoms with Crippen LogP contribution in [0.1, 0.15) is 27.2 Å². The molecule has 32 heavy (non-hydrogen) atoms. The third-order valence-corrected chi connectivity index (χ3v) is 5.88. The zero-order chi connectivity index (χ0) is 22.5. The van der Waals surface area contributed by atoms with Gasteiger partial charge in [-0.15, -0.1) is 0 Å². The van der Waals surface area contributed by atoms with E-state index < -0.39 is 5.97 Å². The molecule has 4 rings (SSSR count). The number of nitriles is 1. The number of rotatable bonds is 6. The Labute approximate surface area is 188 Å². The zero-order valence-electron chi connectivity index (χ0n) is 18.2. The van der Waals surface area contributed by atoms with Crippen molar-refractivity contribution in [1.82, 2.24) is 14.4 Å². The molecule has 1 aliphatic rings. The first-order chi connectivity index (χ1) is 15.6. The maximum atomic E-state index is 12.2. The highest BCUT2D eigenvalue weighted by Crippen LogP contribution is 2.25. The number of aromatic nitrogens is 1. The van der Waals surface area contributed by atoms with E-state index in [0.29, 0.717) is 0 Å². The van der Waals surface area contributed by atoms with Gasteiger partial charge in [-0.05, 0) is 23.3 Å². The number of methoxy groups -OCH3 is 1. The van der Waals surface area contributed by atoms with E-state index >= 15 is 0 Å². The van der Waals surface area contributed by atoms with Gasteiger partial charge in [-0.3, -0.25) is 9.80 Å². The fourth-order valence-corrected chi connectivity index (χ4v) is 4.09. The number of carbonyl (C=O) groups is 1. The van der Waals surface area contributed by atoms with Gasteiger partial charge in [-0.1, -0.05) is 42.5 Å². The molecule has 1 aliphatic heterocycles. The van der Waals surface area contributed by atoms with Gasteiger partial charge in [0.2, 0.25) is 0 Å². The van der Waals surface area contributed by atoms with Crippen LogP contribution in [0.5, 0.6) is 0 Å². The van der Waals surface area contributed by atoms with Crippen molar-refractivity contribution in [3.63, 3.8) is 0 Å². The van der Waals surface area contributed by atoms with Crippen LogP contribution < -0.4 is 5.73 Å². The van der Waals surface area contributed by atoms with Crippen molar-refractivity contribution in [2.24, 2.45) is 0 Å². The second kappa shape index (κ2) is 9.69. The molecule has 164 valence electrons. The van der Waals surface area contributed by atoms with Crippen molar-refractivity contribution in [3.05, 3.63) is 83.2 Å². The number of hydrogen-bond donors (Lipinski definition) is 1. The smallest absolute Gasteiger partial charge is 0.357 e. The molecule has 0 atom stereocenters. The molecule has 0 unspecified atom stereocenters. The van der Waals surface area contributed by atoms with Crippen LogP contribution in [0.25, 0.3) is 5.69 Å². The van der Waals surface area contributed by atoms with Gasteiger partial charge in [0.25, 0.3) is 0 Å². The molecule has 0 saturated carbocycles. The van der Waals surface area contributed by atoms with E-state index in [1.165, 1.54) is 18.2 Å². The minimum atomic E-state index is -0.568. The fourth-order valence-electron chi connectivity index (χ4n) is 4.09. The average Bonchev–Trinajstić information content (AvgIpc) is 3.17. The third-order valence-electron chi connectivity index (χ3n) is 5.88. The van der Waals surface area contributed by atoms with Gasteiger partial charge in [-0.25, -0.2) is 4.79 Å². The molecular formula is C25H27N5O2. The van der Waals surface area contributed by atoms with Crippen LogP contribution in [0.4, 0.5) is 5.69 Å². The molecule has 0 spiro atoms. The molecule has 1 fully saturated rings. The highest BCUT2D eigenvalue weighted by molar-refractivity contribution is 5.95. The minimum absolute atomic E-state index is 0.136. The van der Waals surface area contributed by atoms with Crippen molar-refractivity contribution in [2.45, 2.75) is 13.1 Å². The first kappa shape index (κ1) is 21.6. The normalized spacial score (nSPS) is 14.8. The number of piperazine rings is 1. The van der Waals surface area contributed by atoms with Crippen molar-refractivity contribution in [2.75, 3.05) is 39.0 Å². The number of benzene rings is 2. The molecule has 0 aliphatic carbocycles. The van der Waals surface area contributed by atoms with E-state index in [1.807, 2.05) is 18.2 Å². The predicted molar refractivity (Wildman–Crippen MR) is 123 cm³/mol. The van der Waals surface area contributed by atoms with E-state index in [0.717, 1.165) is 45.0 Å². The lowest BCUT2D eigenvalue weighted by molar-refractivity contribution is 0.0593. The second-order valence-corrected chi connectivity index (χ2v) is 7.98. The fraction of sp³-hybridized carbons (Fsp3) is 0.280. The summed E-state index contributed by atoms with van der Waals surface area (Å²) in [6.45, 7) is 6.03. The number of nitrogens with zero attached hydrogens (tertiary/aromatic N) is 4. The van der Waals surface area contributed by atoms with E-state index in [9.17, 15) is 10.1 Å². The molecular weight excluding hydrogens is 402 g/mol. The molecule has 2 N–H and O–H groups in total. The SMILES string of the molecule is COC(=O)c1c(N)c(C#N)cn1-c1ccc(CN2CCN(Cc3ccccc3)CC2)cc1. The molecule has 7 heteroatoms. The van der Waals surface area contributed by atoms with Gasteiger partial charge in [0.1, 0.15) is 6.07 Å². The Morgan fingerprint density at radius 3 is 2.06 bits per heavy atom. The Bertz CT molecular complexity index is 1110. The summed E-state index contributed by atoms with van der Waals surface area (Å²) in [6, 6.07) is 20.6. The lowest BCUT2D eigenvalue weighted by Gasteiger charge is -2.34. The Hall–Kier alpha value is -3.60.